The number of hydrogen-bond donors (Lipinski definition) is 1. The van der Waals surface area contributed by atoms with Crippen molar-refractivity contribution in [3.63, 3.8) is 0 Å². The summed E-state index contributed by atoms with van der Waals surface area (Å²) in [6.07, 6.45) is 3.63. The van der Waals surface area contributed by atoms with Gasteiger partial charge in [-0.05, 0) is 52.7 Å². The Bertz CT molecular complexity index is 451. The van der Waals surface area contributed by atoms with Crippen molar-refractivity contribution in [2.75, 3.05) is 13.1 Å². The average molecular weight is 294 g/mol. The second kappa shape index (κ2) is 6.52. The van der Waals surface area contributed by atoms with Gasteiger partial charge in [0, 0.05) is 18.4 Å². The van der Waals surface area contributed by atoms with Gasteiger partial charge >= 0.3 is 6.09 Å². The van der Waals surface area contributed by atoms with E-state index in [0.717, 1.165) is 25.1 Å². The van der Waals surface area contributed by atoms with Gasteiger partial charge in [0.15, 0.2) is 0 Å². The molecule has 1 amide bonds. The lowest BCUT2D eigenvalue weighted by atomic mass is 10.1. The van der Waals surface area contributed by atoms with Crippen LogP contribution in [0.2, 0.25) is 0 Å². The third-order valence-corrected chi connectivity index (χ3v) is 3.49. The molecule has 0 spiro atoms. The highest BCUT2D eigenvalue weighted by molar-refractivity contribution is 5.68. The van der Waals surface area contributed by atoms with Crippen molar-refractivity contribution >= 4 is 6.09 Å². The number of nitrogens with one attached hydrogen (secondary N) is 1. The van der Waals surface area contributed by atoms with Gasteiger partial charge in [0.25, 0.3) is 0 Å². The first-order valence-electron chi connectivity index (χ1n) is 7.62. The van der Waals surface area contributed by atoms with Gasteiger partial charge in [0.1, 0.15) is 5.60 Å². The number of carbonyl (C=O) groups is 1. The van der Waals surface area contributed by atoms with E-state index >= 15 is 0 Å². The number of aromatic nitrogens is 1. The molecule has 0 unspecified atom stereocenters. The number of hydrogen-bond acceptors (Lipinski definition) is 3. The van der Waals surface area contributed by atoms with E-state index in [1.807, 2.05) is 46.0 Å². The Balaban J connectivity index is 1.87. The van der Waals surface area contributed by atoms with Crippen LogP contribution in [-0.4, -0.2) is 40.8 Å². The fourth-order valence-corrected chi connectivity index (χ4v) is 2.50. The van der Waals surface area contributed by atoms with E-state index in [2.05, 4.69) is 4.98 Å². The molecule has 0 aromatic carbocycles. The van der Waals surface area contributed by atoms with E-state index in [1.165, 1.54) is 0 Å². The largest absolute Gasteiger partial charge is 0.444 e. The van der Waals surface area contributed by atoms with Gasteiger partial charge < -0.3 is 19.4 Å². The van der Waals surface area contributed by atoms with E-state index < -0.39 is 5.60 Å². The van der Waals surface area contributed by atoms with E-state index in [1.54, 1.807) is 4.90 Å². The van der Waals surface area contributed by atoms with Gasteiger partial charge in [-0.3, -0.25) is 0 Å². The zero-order valence-electron chi connectivity index (χ0n) is 13.4. The molecule has 1 aromatic rings. The number of amides is 1. The number of likely N-dealkylation sites (tertiary alicyclic amines) is 1. The molecule has 2 heterocycles. The van der Waals surface area contributed by atoms with E-state index in [0.29, 0.717) is 6.54 Å². The highest BCUT2D eigenvalue weighted by Crippen LogP contribution is 2.23. The summed E-state index contributed by atoms with van der Waals surface area (Å²) in [6.45, 7) is 9.02. The summed E-state index contributed by atoms with van der Waals surface area (Å²) >= 11 is 0. The summed E-state index contributed by atoms with van der Waals surface area (Å²) in [7, 11) is 0. The van der Waals surface area contributed by atoms with Crippen molar-refractivity contribution in [3.05, 3.63) is 24.0 Å². The second-order valence-electron chi connectivity index (χ2n) is 6.59. The summed E-state index contributed by atoms with van der Waals surface area (Å²) in [5.74, 6) is 0. The number of carbonyl (C=O) groups excluding carboxylic acids is 1. The van der Waals surface area contributed by atoms with Crippen LogP contribution in [0.25, 0.3) is 0 Å². The topological polar surface area (TPSA) is 54.6 Å². The smallest absolute Gasteiger partial charge is 0.410 e. The molecule has 1 aliphatic heterocycles. The monoisotopic (exact) mass is 294 g/mol. The standard InChI is InChI=1S/C16H26N2O3/c1-12(14-8-5-9-17-14)20-13-7-6-10-18(11-13)15(19)21-16(2,3)4/h5,8-9,12-13,17H,6-7,10-11H2,1-4H3/t12-,13+/m0/s1. The molecule has 0 saturated carbocycles. The molecular weight excluding hydrogens is 268 g/mol. The first-order valence-corrected chi connectivity index (χ1v) is 7.62. The minimum Gasteiger partial charge on any atom is -0.444 e. The van der Waals surface area contributed by atoms with E-state index in [-0.39, 0.29) is 18.3 Å². The highest BCUT2D eigenvalue weighted by atomic mass is 16.6. The van der Waals surface area contributed by atoms with Crippen LogP contribution in [0.3, 0.4) is 0 Å². The number of ether oxygens (including phenoxy) is 2. The molecule has 2 rings (SSSR count). The Morgan fingerprint density at radius 1 is 1.48 bits per heavy atom. The maximum absolute atomic E-state index is 12.1. The summed E-state index contributed by atoms with van der Waals surface area (Å²) in [5, 5.41) is 0. The number of rotatable bonds is 3. The molecule has 1 N–H and O–H groups in total. The predicted octanol–water partition coefficient (Wildman–Crippen LogP) is 3.49. The number of piperidine rings is 1. The molecule has 1 aliphatic rings. The highest BCUT2D eigenvalue weighted by Gasteiger charge is 2.29. The first kappa shape index (κ1) is 15.9. The van der Waals surface area contributed by atoms with Crippen molar-refractivity contribution in [3.8, 4) is 0 Å². The van der Waals surface area contributed by atoms with Gasteiger partial charge in [-0.2, -0.15) is 0 Å². The lowest BCUT2D eigenvalue weighted by Crippen LogP contribution is -2.45. The number of H-pyrrole nitrogens is 1. The van der Waals surface area contributed by atoms with Gasteiger partial charge in [0.05, 0.1) is 18.8 Å². The van der Waals surface area contributed by atoms with Crippen molar-refractivity contribution in [1.82, 2.24) is 9.88 Å². The molecule has 21 heavy (non-hydrogen) atoms. The zero-order chi connectivity index (χ0) is 15.5. The summed E-state index contributed by atoms with van der Waals surface area (Å²) in [5.41, 5.74) is 0.604. The van der Waals surface area contributed by atoms with Crippen LogP contribution in [0.5, 0.6) is 0 Å². The van der Waals surface area contributed by atoms with Gasteiger partial charge in [-0.1, -0.05) is 0 Å². The quantitative estimate of drug-likeness (QED) is 0.928. The van der Waals surface area contributed by atoms with Crippen LogP contribution in [0.1, 0.15) is 52.3 Å². The Hall–Kier alpha value is -1.49. The Morgan fingerprint density at radius 3 is 2.86 bits per heavy atom. The van der Waals surface area contributed by atoms with E-state index in [9.17, 15) is 4.79 Å². The van der Waals surface area contributed by atoms with E-state index in [4.69, 9.17) is 9.47 Å². The van der Waals surface area contributed by atoms with Crippen molar-refractivity contribution < 1.29 is 14.3 Å². The molecule has 0 aliphatic carbocycles. The maximum Gasteiger partial charge on any atom is 0.410 e. The first-order chi connectivity index (χ1) is 9.85. The van der Waals surface area contributed by atoms with Crippen molar-refractivity contribution in [2.24, 2.45) is 0 Å². The van der Waals surface area contributed by atoms with Crippen LogP contribution in [0.4, 0.5) is 4.79 Å². The molecule has 5 nitrogen and oxygen atoms in total. The number of nitrogens with zero attached hydrogens (tertiary/aromatic N) is 1. The fourth-order valence-electron chi connectivity index (χ4n) is 2.50. The van der Waals surface area contributed by atoms with Gasteiger partial charge in [0.2, 0.25) is 0 Å². The van der Waals surface area contributed by atoms with Crippen LogP contribution in [-0.2, 0) is 9.47 Å². The molecule has 5 heteroatoms. The number of aromatic amines is 1. The molecule has 2 atom stereocenters. The molecular formula is C16H26N2O3. The predicted molar refractivity (Wildman–Crippen MR) is 81.1 cm³/mol. The zero-order valence-corrected chi connectivity index (χ0v) is 13.4. The van der Waals surface area contributed by atoms with Crippen LogP contribution < -0.4 is 0 Å². The molecule has 1 fully saturated rings. The minimum absolute atomic E-state index is 0.00332. The third-order valence-electron chi connectivity index (χ3n) is 3.49. The lowest BCUT2D eigenvalue weighted by molar-refractivity contribution is -0.0495. The van der Waals surface area contributed by atoms with Gasteiger partial charge in [-0.25, -0.2) is 4.79 Å². The maximum atomic E-state index is 12.1. The third kappa shape index (κ3) is 4.77. The normalized spacial score (nSPS) is 21.1. The molecule has 1 saturated heterocycles. The second-order valence-corrected chi connectivity index (χ2v) is 6.59. The van der Waals surface area contributed by atoms with Crippen LogP contribution >= 0.6 is 0 Å². The summed E-state index contributed by atoms with van der Waals surface area (Å²) < 4.78 is 11.5. The minimum atomic E-state index is -0.456. The summed E-state index contributed by atoms with van der Waals surface area (Å²) in [6, 6.07) is 3.97. The lowest BCUT2D eigenvalue weighted by Gasteiger charge is -2.35. The van der Waals surface area contributed by atoms with Gasteiger partial charge in [-0.15, -0.1) is 0 Å². The van der Waals surface area contributed by atoms with Crippen LogP contribution in [0.15, 0.2) is 18.3 Å². The molecule has 0 bridgehead atoms. The van der Waals surface area contributed by atoms with Crippen molar-refractivity contribution in [2.45, 2.75) is 58.3 Å². The Morgan fingerprint density at radius 2 is 2.24 bits per heavy atom. The molecule has 1 aromatic heterocycles. The Kier molecular flexibility index (Phi) is 4.93. The average Bonchev–Trinajstić information content (AvgIpc) is 2.91. The Labute approximate surface area is 126 Å². The van der Waals surface area contributed by atoms with Crippen molar-refractivity contribution in [1.29, 1.82) is 0 Å². The molecule has 118 valence electrons. The van der Waals surface area contributed by atoms with Crippen LogP contribution in [0, 0.1) is 0 Å². The summed E-state index contributed by atoms with van der Waals surface area (Å²) in [4.78, 5) is 17.0. The SMILES string of the molecule is C[C@H](O[C@@H]1CCCN(C(=O)OC(C)(C)C)C1)c1ccc[nH]1. The fraction of sp³-hybridized carbons (Fsp3) is 0.688. The molecule has 0 radical (unpaired) electrons.